The number of amides is 2. The maximum absolute atomic E-state index is 14.6. The molecule has 3 aromatic carbocycles. The molecule has 1 aliphatic rings. The van der Waals surface area contributed by atoms with E-state index < -0.39 is 0 Å². The first kappa shape index (κ1) is 22.8. The highest BCUT2D eigenvalue weighted by Crippen LogP contribution is 2.38. The molecule has 1 aliphatic heterocycles. The number of hydrogen-bond donors (Lipinski definition) is 1. The SMILES string of the molecule is COc1ccc(CN2C(=O)NCC2c2cc(C)ccc2-c2cc(C(C)C)c(F)cc2C)cc1. The number of hydrogen-bond acceptors (Lipinski definition) is 2. The van der Waals surface area contributed by atoms with Crippen LogP contribution in [0, 0.1) is 19.7 Å². The van der Waals surface area contributed by atoms with Crippen molar-refractivity contribution < 1.29 is 13.9 Å². The van der Waals surface area contributed by atoms with E-state index in [2.05, 4.69) is 30.4 Å². The van der Waals surface area contributed by atoms with Crippen LogP contribution in [0.15, 0.2) is 54.6 Å². The van der Waals surface area contributed by atoms with Gasteiger partial charge in [-0.1, -0.05) is 49.7 Å². The Balaban J connectivity index is 1.76. The molecule has 2 amide bonds. The molecule has 0 spiro atoms. The zero-order chi connectivity index (χ0) is 23.7. The Morgan fingerprint density at radius 2 is 1.79 bits per heavy atom. The number of carbonyl (C=O) groups excluding carboxylic acids is 1. The fraction of sp³-hybridized carbons (Fsp3) is 0.321. The topological polar surface area (TPSA) is 41.6 Å². The van der Waals surface area contributed by atoms with Crippen molar-refractivity contribution in [1.29, 1.82) is 0 Å². The average Bonchev–Trinajstić information content (AvgIpc) is 3.14. The molecule has 0 saturated carbocycles. The van der Waals surface area contributed by atoms with E-state index in [4.69, 9.17) is 4.74 Å². The van der Waals surface area contributed by atoms with Crippen LogP contribution in [0.2, 0.25) is 0 Å². The van der Waals surface area contributed by atoms with Gasteiger partial charge < -0.3 is 15.0 Å². The minimum absolute atomic E-state index is 0.0815. The van der Waals surface area contributed by atoms with Crippen molar-refractivity contribution in [3.05, 3.63) is 88.2 Å². The first-order valence-corrected chi connectivity index (χ1v) is 11.4. The number of nitrogens with zero attached hydrogens (tertiary/aromatic N) is 1. The molecule has 172 valence electrons. The molecule has 5 heteroatoms. The minimum Gasteiger partial charge on any atom is -0.497 e. The second kappa shape index (κ2) is 9.26. The molecule has 1 N–H and O–H groups in total. The van der Waals surface area contributed by atoms with Crippen molar-refractivity contribution in [2.75, 3.05) is 13.7 Å². The van der Waals surface area contributed by atoms with Gasteiger partial charge in [0.2, 0.25) is 0 Å². The molecule has 4 nitrogen and oxygen atoms in total. The highest BCUT2D eigenvalue weighted by Gasteiger charge is 2.33. The summed E-state index contributed by atoms with van der Waals surface area (Å²) in [7, 11) is 1.64. The standard InChI is InChI=1S/C28H31FN2O2/c1-17(2)23-14-24(19(4)13-26(23)29)22-11-6-18(3)12-25(22)27-15-30-28(32)31(27)16-20-7-9-21(33-5)10-8-20/h6-14,17,27H,15-16H2,1-5H3,(H,30,32). The molecule has 1 heterocycles. The third-order valence-electron chi connectivity index (χ3n) is 6.42. The smallest absolute Gasteiger partial charge is 0.318 e. The summed E-state index contributed by atoms with van der Waals surface area (Å²) in [6, 6.07) is 17.5. The molecule has 0 bridgehead atoms. The van der Waals surface area contributed by atoms with Crippen LogP contribution in [-0.4, -0.2) is 24.6 Å². The molecule has 1 saturated heterocycles. The predicted octanol–water partition coefficient (Wildman–Crippen LogP) is 6.51. The number of ether oxygens (including phenoxy) is 1. The quantitative estimate of drug-likeness (QED) is 0.469. The van der Waals surface area contributed by atoms with E-state index in [0.29, 0.717) is 18.7 Å². The second-order valence-corrected chi connectivity index (χ2v) is 9.11. The number of rotatable bonds is 6. The van der Waals surface area contributed by atoms with Gasteiger partial charge in [-0.3, -0.25) is 0 Å². The molecular weight excluding hydrogens is 415 g/mol. The number of halogens is 1. The van der Waals surface area contributed by atoms with Crippen LogP contribution in [-0.2, 0) is 6.54 Å². The van der Waals surface area contributed by atoms with Crippen molar-refractivity contribution in [1.82, 2.24) is 10.2 Å². The van der Waals surface area contributed by atoms with Gasteiger partial charge in [-0.05, 0) is 77.4 Å². The highest BCUT2D eigenvalue weighted by atomic mass is 19.1. The number of urea groups is 1. The molecule has 0 aromatic heterocycles. The number of aryl methyl sites for hydroxylation is 2. The Labute approximate surface area is 195 Å². The van der Waals surface area contributed by atoms with Gasteiger partial charge in [0.1, 0.15) is 11.6 Å². The van der Waals surface area contributed by atoms with E-state index in [9.17, 15) is 9.18 Å². The van der Waals surface area contributed by atoms with Gasteiger partial charge in [0.25, 0.3) is 0 Å². The van der Waals surface area contributed by atoms with Gasteiger partial charge in [0, 0.05) is 13.1 Å². The summed E-state index contributed by atoms with van der Waals surface area (Å²) in [5, 5.41) is 3.01. The molecule has 33 heavy (non-hydrogen) atoms. The summed E-state index contributed by atoms with van der Waals surface area (Å²) in [4.78, 5) is 14.7. The fourth-order valence-corrected chi connectivity index (χ4v) is 4.55. The molecule has 1 fully saturated rings. The summed E-state index contributed by atoms with van der Waals surface area (Å²) in [6.07, 6.45) is 0. The van der Waals surface area contributed by atoms with E-state index in [1.54, 1.807) is 13.2 Å². The molecule has 4 rings (SSSR count). The molecule has 1 unspecified atom stereocenters. The van der Waals surface area contributed by atoms with Gasteiger partial charge in [-0.15, -0.1) is 0 Å². The first-order valence-electron chi connectivity index (χ1n) is 11.4. The number of methoxy groups -OCH3 is 1. The molecule has 1 atom stereocenters. The molecule has 3 aromatic rings. The lowest BCUT2D eigenvalue weighted by atomic mass is 9.88. The monoisotopic (exact) mass is 446 g/mol. The lowest BCUT2D eigenvalue weighted by Gasteiger charge is -2.27. The summed E-state index contributed by atoms with van der Waals surface area (Å²) in [5.41, 5.74) is 6.89. The average molecular weight is 447 g/mol. The first-order chi connectivity index (χ1) is 15.8. The number of benzene rings is 3. The van der Waals surface area contributed by atoms with Crippen molar-refractivity contribution >= 4 is 6.03 Å². The van der Waals surface area contributed by atoms with Crippen molar-refractivity contribution in [2.45, 2.75) is 46.2 Å². The van der Waals surface area contributed by atoms with E-state index in [0.717, 1.165) is 39.1 Å². The second-order valence-electron chi connectivity index (χ2n) is 9.11. The van der Waals surface area contributed by atoms with Crippen LogP contribution in [0.4, 0.5) is 9.18 Å². The van der Waals surface area contributed by atoms with Crippen LogP contribution in [0.5, 0.6) is 5.75 Å². The van der Waals surface area contributed by atoms with E-state index >= 15 is 0 Å². The fourth-order valence-electron chi connectivity index (χ4n) is 4.55. The third kappa shape index (κ3) is 4.58. The van der Waals surface area contributed by atoms with Crippen LogP contribution in [0.3, 0.4) is 0 Å². The third-order valence-corrected chi connectivity index (χ3v) is 6.42. The maximum Gasteiger partial charge on any atom is 0.318 e. The number of carbonyl (C=O) groups is 1. The highest BCUT2D eigenvalue weighted by molar-refractivity contribution is 5.79. The van der Waals surface area contributed by atoms with Crippen LogP contribution in [0.1, 0.15) is 53.6 Å². The van der Waals surface area contributed by atoms with Gasteiger partial charge in [0.05, 0.1) is 13.2 Å². The van der Waals surface area contributed by atoms with Crippen molar-refractivity contribution in [2.24, 2.45) is 0 Å². The number of nitrogens with one attached hydrogen (secondary N) is 1. The van der Waals surface area contributed by atoms with E-state index in [1.165, 1.54) is 0 Å². The van der Waals surface area contributed by atoms with Gasteiger partial charge >= 0.3 is 6.03 Å². The van der Waals surface area contributed by atoms with Crippen molar-refractivity contribution in [3.8, 4) is 16.9 Å². The lowest BCUT2D eigenvalue weighted by Crippen LogP contribution is -2.29. The van der Waals surface area contributed by atoms with Crippen LogP contribution < -0.4 is 10.1 Å². The summed E-state index contributed by atoms with van der Waals surface area (Å²) in [6.45, 7) is 9.03. The largest absolute Gasteiger partial charge is 0.497 e. The molecule has 0 radical (unpaired) electrons. The summed E-state index contributed by atoms with van der Waals surface area (Å²) >= 11 is 0. The normalized spacial score (nSPS) is 15.8. The Morgan fingerprint density at radius 3 is 2.45 bits per heavy atom. The van der Waals surface area contributed by atoms with E-state index in [1.807, 2.05) is 56.0 Å². The zero-order valence-electron chi connectivity index (χ0n) is 19.9. The summed E-state index contributed by atoms with van der Waals surface area (Å²) in [5.74, 6) is 0.702. The van der Waals surface area contributed by atoms with Gasteiger partial charge in [-0.25, -0.2) is 9.18 Å². The van der Waals surface area contributed by atoms with Gasteiger partial charge in [0.15, 0.2) is 0 Å². The maximum atomic E-state index is 14.6. The Hall–Kier alpha value is -3.34. The van der Waals surface area contributed by atoms with Crippen molar-refractivity contribution in [3.63, 3.8) is 0 Å². The van der Waals surface area contributed by atoms with E-state index in [-0.39, 0.29) is 23.8 Å². The van der Waals surface area contributed by atoms with Crippen LogP contribution >= 0.6 is 0 Å². The minimum atomic E-state index is -0.168. The predicted molar refractivity (Wildman–Crippen MR) is 130 cm³/mol. The Kier molecular flexibility index (Phi) is 6.41. The molecular formula is C28H31FN2O2. The Morgan fingerprint density at radius 1 is 1.06 bits per heavy atom. The Bertz CT molecular complexity index is 1170. The zero-order valence-corrected chi connectivity index (χ0v) is 19.9. The van der Waals surface area contributed by atoms with Gasteiger partial charge in [-0.2, -0.15) is 0 Å². The lowest BCUT2D eigenvalue weighted by molar-refractivity contribution is 0.201. The molecule has 0 aliphatic carbocycles. The summed E-state index contributed by atoms with van der Waals surface area (Å²) < 4.78 is 19.9. The van der Waals surface area contributed by atoms with Crippen LogP contribution in [0.25, 0.3) is 11.1 Å².